The fraction of sp³-hybridized carbons (Fsp3) is 0.150. The average molecular weight is 383 g/mol. The summed E-state index contributed by atoms with van der Waals surface area (Å²) in [6.45, 7) is 3.73. The highest BCUT2D eigenvalue weighted by molar-refractivity contribution is 7.13. The monoisotopic (exact) mass is 383 g/mol. The number of hydrogen-bond donors (Lipinski definition) is 2. The Morgan fingerprint density at radius 1 is 1.07 bits per heavy atom. The summed E-state index contributed by atoms with van der Waals surface area (Å²) >= 11 is 1.37. The van der Waals surface area contributed by atoms with E-state index >= 15 is 0 Å². The van der Waals surface area contributed by atoms with E-state index in [1.807, 2.05) is 26.0 Å². The summed E-state index contributed by atoms with van der Waals surface area (Å²) in [5.41, 5.74) is 8.52. The van der Waals surface area contributed by atoms with Crippen molar-refractivity contribution >= 4 is 23.2 Å². The van der Waals surface area contributed by atoms with Crippen LogP contribution in [-0.4, -0.2) is 16.8 Å². The molecule has 27 heavy (non-hydrogen) atoms. The number of amides is 2. The van der Waals surface area contributed by atoms with Gasteiger partial charge in [0.1, 0.15) is 10.8 Å². The standard InChI is InChI=1S/C20H18FN3O2S/c1-12-3-4-13(2)17(9-12)19(26)24-23-18(25)10-16-11-27-20(22-16)14-5-7-15(21)8-6-14/h3-9,11H,10H2,1-2H3,(H,23,25)(H,24,26). The third-order valence-corrected chi connectivity index (χ3v) is 4.88. The Hall–Kier alpha value is -3.06. The number of halogens is 1. The molecule has 0 spiro atoms. The fourth-order valence-corrected chi connectivity index (χ4v) is 3.32. The van der Waals surface area contributed by atoms with Crippen molar-refractivity contribution in [1.82, 2.24) is 15.8 Å². The molecular weight excluding hydrogens is 365 g/mol. The minimum absolute atomic E-state index is 0.0325. The van der Waals surface area contributed by atoms with Crippen LogP contribution in [0, 0.1) is 19.7 Å². The summed E-state index contributed by atoms with van der Waals surface area (Å²) in [5.74, 6) is -1.05. The Kier molecular flexibility index (Phi) is 5.61. The van der Waals surface area contributed by atoms with E-state index in [1.54, 1.807) is 23.6 Å². The summed E-state index contributed by atoms with van der Waals surface area (Å²) in [5, 5.41) is 2.47. The van der Waals surface area contributed by atoms with Crippen LogP contribution in [0.15, 0.2) is 47.8 Å². The molecule has 0 aliphatic rings. The van der Waals surface area contributed by atoms with Crippen molar-refractivity contribution in [2.24, 2.45) is 0 Å². The number of benzene rings is 2. The van der Waals surface area contributed by atoms with Crippen molar-refractivity contribution in [2.75, 3.05) is 0 Å². The summed E-state index contributed by atoms with van der Waals surface area (Å²) in [4.78, 5) is 28.7. The first-order valence-corrected chi connectivity index (χ1v) is 9.17. The van der Waals surface area contributed by atoms with Crippen molar-refractivity contribution in [2.45, 2.75) is 20.3 Å². The minimum atomic E-state index is -0.371. The molecule has 3 rings (SSSR count). The van der Waals surface area contributed by atoms with Crippen LogP contribution in [-0.2, 0) is 11.2 Å². The lowest BCUT2D eigenvalue weighted by Crippen LogP contribution is -2.42. The summed E-state index contributed by atoms with van der Waals surface area (Å²) < 4.78 is 13.0. The van der Waals surface area contributed by atoms with Crippen molar-refractivity contribution < 1.29 is 14.0 Å². The zero-order chi connectivity index (χ0) is 19.4. The van der Waals surface area contributed by atoms with Crippen LogP contribution in [0.3, 0.4) is 0 Å². The Morgan fingerprint density at radius 2 is 1.81 bits per heavy atom. The smallest absolute Gasteiger partial charge is 0.269 e. The van der Waals surface area contributed by atoms with Crippen LogP contribution in [0.25, 0.3) is 10.6 Å². The van der Waals surface area contributed by atoms with E-state index in [0.717, 1.165) is 16.7 Å². The fourth-order valence-electron chi connectivity index (χ4n) is 2.50. The van der Waals surface area contributed by atoms with Gasteiger partial charge in [-0.3, -0.25) is 20.4 Å². The number of aryl methyl sites for hydroxylation is 2. The second-order valence-corrected chi connectivity index (χ2v) is 7.01. The number of aromatic nitrogens is 1. The summed E-state index contributed by atoms with van der Waals surface area (Å²) in [6, 6.07) is 11.6. The molecule has 0 fully saturated rings. The van der Waals surface area contributed by atoms with Crippen molar-refractivity contribution in [3.8, 4) is 10.6 Å². The molecule has 2 amide bonds. The summed E-state index contributed by atoms with van der Waals surface area (Å²) in [7, 11) is 0. The van der Waals surface area contributed by atoms with E-state index in [0.29, 0.717) is 16.3 Å². The Balaban J connectivity index is 1.57. The van der Waals surface area contributed by atoms with Gasteiger partial charge in [0.25, 0.3) is 5.91 Å². The maximum absolute atomic E-state index is 13.0. The lowest BCUT2D eigenvalue weighted by molar-refractivity contribution is -0.121. The van der Waals surface area contributed by atoms with Crippen molar-refractivity contribution in [3.05, 3.63) is 76.0 Å². The molecule has 0 aliphatic carbocycles. The predicted octanol–water partition coefficient (Wildman–Crippen LogP) is 3.57. The third kappa shape index (κ3) is 4.77. The molecule has 0 saturated carbocycles. The van der Waals surface area contributed by atoms with Gasteiger partial charge >= 0.3 is 0 Å². The Bertz CT molecular complexity index is 983. The molecule has 0 aliphatic heterocycles. The molecule has 1 aromatic heterocycles. The van der Waals surface area contributed by atoms with Gasteiger partial charge in [-0.05, 0) is 49.7 Å². The van der Waals surface area contributed by atoms with E-state index in [1.165, 1.54) is 23.5 Å². The van der Waals surface area contributed by atoms with Gasteiger partial charge in [-0.25, -0.2) is 9.37 Å². The molecule has 0 radical (unpaired) electrons. The molecule has 3 aromatic rings. The first kappa shape index (κ1) is 18.7. The first-order valence-electron chi connectivity index (χ1n) is 8.29. The topological polar surface area (TPSA) is 71.1 Å². The predicted molar refractivity (Wildman–Crippen MR) is 103 cm³/mol. The molecule has 0 unspecified atom stereocenters. The maximum atomic E-state index is 13.0. The first-order chi connectivity index (χ1) is 12.9. The maximum Gasteiger partial charge on any atom is 0.269 e. The molecule has 138 valence electrons. The Labute approximate surface area is 160 Å². The van der Waals surface area contributed by atoms with Crippen LogP contribution in [0.1, 0.15) is 27.2 Å². The van der Waals surface area contributed by atoms with Gasteiger partial charge in [-0.1, -0.05) is 17.7 Å². The quantitative estimate of drug-likeness (QED) is 0.677. The zero-order valence-electron chi connectivity index (χ0n) is 14.9. The number of nitrogens with one attached hydrogen (secondary N) is 2. The highest BCUT2D eigenvalue weighted by Gasteiger charge is 2.12. The lowest BCUT2D eigenvalue weighted by atomic mass is 10.1. The number of hydrazine groups is 1. The molecule has 5 nitrogen and oxygen atoms in total. The molecule has 7 heteroatoms. The van der Waals surface area contributed by atoms with Gasteiger partial charge in [0, 0.05) is 16.5 Å². The van der Waals surface area contributed by atoms with Crippen molar-refractivity contribution in [3.63, 3.8) is 0 Å². The van der Waals surface area contributed by atoms with Crippen LogP contribution in [0.4, 0.5) is 4.39 Å². The van der Waals surface area contributed by atoms with Crippen LogP contribution >= 0.6 is 11.3 Å². The highest BCUT2D eigenvalue weighted by atomic mass is 32.1. The number of hydrogen-bond acceptors (Lipinski definition) is 4. The van der Waals surface area contributed by atoms with Gasteiger partial charge in [0.05, 0.1) is 12.1 Å². The number of carbonyl (C=O) groups is 2. The molecular formula is C20H18FN3O2S. The van der Waals surface area contributed by atoms with Gasteiger partial charge in [-0.2, -0.15) is 0 Å². The minimum Gasteiger partial charge on any atom is -0.273 e. The van der Waals surface area contributed by atoms with E-state index in [2.05, 4.69) is 15.8 Å². The zero-order valence-corrected chi connectivity index (χ0v) is 15.7. The molecule has 2 N–H and O–H groups in total. The Morgan fingerprint density at radius 3 is 2.56 bits per heavy atom. The van der Waals surface area contributed by atoms with E-state index in [4.69, 9.17) is 0 Å². The van der Waals surface area contributed by atoms with Gasteiger partial charge < -0.3 is 0 Å². The van der Waals surface area contributed by atoms with Gasteiger partial charge in [0.2, 0.25) is 5.91 Å². The van der Waals surface area contributed by atoms with Gasteiger partial charge in [-0.15, -0.1) is 11.3 Å². The number of carbonyl (C=O) groups excluding carboxylic acids is 2. The second kappa shape index (κ2) is 8.09. The summed E-state index contributed by atoms with van der Waals surface area (Å²) in [6.07, 6.45) is 0.0325. The van der Waals surface area contributed by atoms with E-state index < -0.39 is 0 Å². The van der Waals surface area contributed by atoms with Crippen LogP contribution in [0.2, 0.25) is 0 Å². The molecule has 0 saturated heterocycles. The van der Waals surface area contributed by atoms with Crippen molar-refractivity contribution in [1.29, 1.82) is 0 Å². The SMILES string of the molecule is Cc1ccc(C)c(C(=O)NNC(=O)Cc2csc(-c3ccc(F)cc3)n2)c1. The highest BCUT2D eigenvalue weighted by Crippen LogP contribution is 2.24. The number of rotatable bonds is 4. The normalized spacial score (nSPS) is 10.5. The third-order valence-electron chi connectivity index (χ3n) is 3.94. The molecule has 0 atom stereocenters. The second-order valence-electron chi connectivity index (χ2n) is 6.15. The average Bonchev–Trinajstić information content (AvgIpc) is 3.10. The van der Waals surface area contributed by atoms with Crippen LogP contribution < -0.4 is 10.9 Å². The van der Waals surface area contributed by atoms with Crippen LogP contribution in [0.5, 0.6) is 0 Å². The number of nitrogens with zero attached hydrogens (tertiary/aromatic N) is 1. The van der Waals surface area contributed by atoms with Gasteiger partial charge in [0.15, 0.2) is 0 Å². The molecule has 0 bridgehead atoms. The van der Waals surface area contributed by atoms with E-state index in [-0.39, 0.29) is 24.1 Å². The molecule has 2 aromatic carbocycles. The lowest BCUT2D eigenvalue weighted by Gasteiger charge is -2.09. The largest absolute Gasteiger partial charge is 0.273 e. The molecule has 1 heterocycles. The number of thiazole rings is 1. The van der Waals surface area contributed by atoms with E-state index in [9.17, 15) is 14.0 Å².